The average Bonchev–Trinajstić information content (AvgIpc) is 2.44. The number of hydrogen-bond donors (Lipinski definition) is 1. The molecule has 0 spiro atoms. The number of likely N-dealkylation sites (N-methyl/N-ethyl adjacent to an activating group) is 1. The SMILES string of the molecule is CCNC(Cc1ccc(Br)cc1)Cc1ccc(Br)cc1F. The minimum absolute atomic E-state index is 0.150. The summed E-state index contributed by atoms with van der Waals surface area (Å²) < 4.78 is 15.8. The zero-order chi connectivity index (χ0) is 15.2. The van der Waals surface area contributed by atoms with E-state index in [-0.39, 0.29) is 11.9 Å². The van der Waals surface area contributed by atoms with Crippen LogP contribution in [-0.4, -0.2) is 12.6 Å². The quantitative estimate of drug-likeness (QED) is 0.692. The van der Waals surface area contributed by atoms with Crippen LogP contribution < -0.4 is 5.32 Å². The van der Waals surface area contributed by atoms with Crippen LogP contribution in [0.3, 0.4) is 0 Å². The highest BCUT2D eigenvalue weighted by Crippen LogP contribution is 2.18. The number of benzene rings is 2. The van der Waals surface area contributed by atoms with Gasteiger partial charge in [-0.25, -0.2) is 4.39 Å². The molecule has 1 N–H and O–H groups in total. The van der Waals surface area contributed by atoms with Gasteiger partial charge in [0, 0.05) is 15.0 Å². The van der Waals surface area contributed by atoms with Gasteiger partial charge in [0.25, 0.3) is 0 Å². The molecule has 2 rings (SSSR count). The van der Waals surface area contributed by atoms with E-state index in [1.54, 1.807) is 0 Å². The summed E-state index contributed by atoms with van der Waals surface area (Å²) in [7, 11) is 0. The first kappa shape index (κ1) is 16.7. The summed E-state index contributed by atoms with van der Waals surface area (Å²) in [6.07, 6.45) is 1.57. The molecule has 0 aromatic heterocycles. The van der Waals surface area contributed by atoms with Crippen LogP contribution in [0.4, 0.5) is 4.39 Å². The van der Waals surface area contributed by atoms with E-state index in [2.05, 4.69) is 56.2 Å². The lowest BCUT2D eigenvalue weighted by atomic mass is 9.98. The molecule has 0 aliphatic rings. The molecule has 0 radical (unpaired) electrons. The summed E-state index contributed by atoms with van der Waals surface area (Å²) >= 11 is 6.74. The van der Waals surface area contributed by atoms with E-state index < -0.39 is 0 Å². The van der Waals surface area contributed by atoms with Crippen molar-refractivity contribution >= 4 is 31.9 Å². The Morgan fingerprint density at radius 1 is 1.00 bits per heavy atom. The standard InChI is InChI=1S/C17H18Br2FN/c1-2-21-16(9-12-3-6-14(18)7-4-12)10-13-5-8-15(19)11-17(13)20/h3-8,11,16,21H,2,9-10H2,1H3. The highest BCUT2D eigenvalue weighted by molar-refractivity contribution is 9.10. The van der Waals surface area contributed by atoms with Gasteiger partial charge in [-0.1, -0.05) is 57.0 Å². The minimum atomic E-state index is -0.150. The first-order chi connectivity index (χ1) is 10.1. The van der Waals surface area contributed by atoms with Crippen LogP contribution in [-0.2, 0) is 12.8 Å². The van der Waals surface area contributed by atoms with Crippen LogP contribution in [0.1, 0.15) is 18.1 Å². The van der Waals surface area contributed by atoms with Crippen molar-refractivity contribution in [2.45, 2.75) is 25.8 Å². The Bertz CT molecular complexity index is 584. The second-order valence-corrected chi connectivity index (χ2v) is 6.86. The summed E-state index contributed by atoms with van der Waals surface area (Å²) in [5, 5.41) is 3.45. The number of halogens is 3. The molecule has 2 aromatic rings. The van der Waals surface area contributed by atoms with Crippen molar-refractivity contribution in [2.24, 2.45) is 0 Å². The van der Waals surface area contributed by atoms with Gasteiger partial charge in [0.1, 0.15) is 5.82 Å². The normalized spacial score (nSPS) is 12.4. The first-order valence-electron chi connectivity index (χ1n) is 7.00. The second kappa shape index (κ2) is 8.06. The number of nitrogens with one attached hydrogen (secondary N) is 1. The molecule has 112 valence electrons. The van der Waals surface area contributed by atoms with Crippen LogP contribution in [0, 0.1) is 5.82 Å². The predicted octanol–water partition coefficient (Wildman–Crippen LogP) is 5.11. The fourth-order valence-corrected chi connectivity index (χ4v) is 2.96. The molecule has 0 aliphatic heterocycles. The first-order valence-corrected chi connectivity index (χ1v) is 8.59. The molecule has 0 bridgehead atoms. The molecule has 1 nitrogen and oxygen atoms in total. The van der Waals surface area contributed by atoms with Crippen LogP contribution in [0.5, 0.6) is 0 Å². The number of rotatable bonds is 6. The molecule has 21 heavy (non-hydrogen) atoms. The lowest BCUT2D eigenvalue weighted by Crippen LogP contribution is -2.33. The van der Waals surface area contributed by atoms with Gasteiger partial charge in [0.05, 0.1) is 0 Å². The molecular weight excluding hydrogens is 397 g/mol. The molecule has 4 heteroatoms. The molecule has 0 saturated heterocycles. The highest BCUT2D eigenvalue weighted by atomic mass is 79.9. The Labute approximate surface area is 142 Å². The predicted molar refractivity (Wildman–Crippen MR) is 93.1 cm³/mol. The molecule has 0 saturated carbocycles. The Hall–Kier alpha value is -0.710. The van der Waals surface area contributed by atoms with Gasteiger partial charge in [-0.3, -0.25) is 0 Å². The van der Waals surface area contributed by atoms with E-state index in [1.165, 1.54) is 11.6 Å². The monoisotopic (exact) mass is 413 g/mol. The van der Waals surface area contributed by atoms with Crippen molar-refractivity contribution in [3.05, 3.63) is 68.4 Å². The van der Waals surface area contributed by atoms with Gasteiger partial charge in [-0.15, -0.1) is 0 Å². The molecule has 0 aliphatic carbocycles. The third kappa shape index (κ3) is 5.20. The van der Waals surface area contributed by atoms with Gasteiger partial charge >= 0.3 is 0 Å². The van der Waals surface area contributed by atoms with Crippen molar-refractivity contribution in [3.63, 3.8) is 0 Å². The Kier molecular flexibility index (Phi) is 6.40. The lowest BCUT2D eigenvalue weighted by molar-refractivity contribution is 0.505. The van der Waals surface area contributed by atoms with Gasteiger partial charge in [0.15, 0.2) is 0 Å². The van der Waals surface area contributed by atoms with E-state index in [0.717, 1.165) is 27.5 Å². The molecule has 0 fully saturated rings. The highest BCUT2D eigenvalue weighted by Gasteiger charge is 2.12. The van der Waals surface area contributed by atoms with E-state index >= 15 is 0 Å². The fraction of sp³-hybridized carbons (Fsp3) is 0.294. The molecule has 1 unspecified atom stereocenters. The Balaban J connectivity index is 2.09. The van der Waals surface area contributed by atoms with Crippen molar-refractivity contribution in [3.8, 4) is 0 Å². The number of hydrogen-bond acceptors (Lipinski definition) is 1. The van der Waals surface area contributed by atoms with Gasteiger partial charge < -0.3 is 5.32 Å². The van der Waals surface area contributed by atoms with Gasteiger partial charge in [-0.2, -0.15) is 0 Å². The topological polar surface area (TPSA) is 12.0 Å². The van der Waals surface area contributed by atoms with E-state index in [4.69, 9.17) is 0 Å². The summed E-state index contributed by atoms with van der Waals surface area (Å²) in [5.41, 5.74) is 2.00. The van der Waals surface area contributed by atoms with Crippen LogP contribution >= 0.6 is 31.9 Å². The Morgan fingerprint density at radius 3 is 2.29 bits per heavy atom. The van der Waals surface area contributed by atoms with Gasteiger partial charge in [0.2, 0.25) is 0 Å². The minimum Gasteiger partial charge on any atom is -0.314 e. The van der Waals surface area contributed by atoms with Gasteiger partial charge in [-0.05, 0) is 54.8 Å². The second-order valence-electron chi connectivity index (χ2n) is 5.03. The average molecular weight is 415 g/mol. The maximum Gasteiger partial charge on any atom is 0.127 e. The van der Waals surface area contributed by atoms with E-state index in [0.29, 0.717) is 6.42 Å². The lowest BCUT2D eigenvalue weighted by Gasteiger charge is -2.18. The van der Waals surface area contributed by atoms with Crippen LogP contribution in [0.2, 0.25) is 0 Å². The third-order valence-corrected chi connectivity index (χ3v) is 4.39. The summed E-state index contributed by atoms with van der Waals surface area (Å²) in [4.78, 5) is 0. The summed E-state index contributed by atoms with van der Waals surface area (Å²) in [6.45, 7) is 2.95. The molecule has 2 aromatic carbocycles. The maximum absolute atomic E-state index is 14.0. The molecule has 1 atom stereocenters. The van der Waals surface area contributed by atoms with Crippen molar-refractivity contribution < 1.29 is 4.39 Å². The summed E-state index contributed by atoms with van der Waals surface area (Å²) in [6, 6.07) is 13.8. The van der Waals surface area contributed by atoms with E-state index in [1.807, 2.05) is 24.3 Å². The fourth-order valence-electron chi connectivity index (χ4n) is 2.36. The summed E-state index contributed by atoms with van der Waals surface area (Å²) in [5.74, 6) is -0.150. The van der Waals surface area contributed by atoms with E-state index in [9.17, 15) is 4.39 Å². The van der Waals surface area contributed by atoms with Crippen LogP contribution in [0.15, 0.2) is 51.4 Å². The van der Waals surface area contributed by atoms with Crippen molar-refractivity contribution in [2.75, 3.05) is 6.54 Å². The van der Waals surface area contributed by atoms with Crippen molar-refractivity contribution in [1.29, 1.82) is 0 Å². The van der Waals surface area contributed by atoms with Crippen molar-refractivity contribution in [1.82, 2.24) is 5.32 Å². The molecular formula is C17H18Br2FN. The Morgan fingerprint density at radius 2 is 1.67 bits per heavy atom. The zero-order valence-corrected chi connectivity index (χ0v) is 15.0. The third-order valence-electron chi connectivity index (χ3n) is 3.37. The maximum atomic E-state index is 14.0. The molecule has 0 amide bonds. The van der Waals surface area contributed by atoms with Crippen LogP contribution in [0.25, 0.3) is 0 Å². The smallest absolute Gasteiger partial charge is 0.127 e. The molecule has 0 heterocycles. The zero-order valence-electron chi connectivity index (χ0n) is 11.9. The largest absolute Gasteiger partial charge is 0.314 e.